The lowest BCUT2D eigenvalue weighted by atomic mass is 10.1. The fourth-order valence-corrected chi connectivity index (χ4v) is 1.76. The molecule has 1 N–H and O–H groups in total. The molecular formula is C11H14N3O. The SMILES string of the molecule is CC(=O)c1ccn[c]c1N1CCNCC1. The van der Waals surface area contributed by atoms with Gasteiger partial charge in [0.15, 0.2) is 5.78 Å². The summed E-state index contributed by atoms with van der Waals surface area (Å²) in [5, 5.41) is 3.27. The van der Waals surface area contributed by atoms with E-state index in [2.05, 4.69) is 21.4 Å². The van der Waals surface area contributed by atoms with E-state index in [4.69, 9.17) is 0 Å². The highest BCUT2D eigenvalue weighted by Gasteiger charge is 2.16. The van der Waals surface area contributed by atoms with Crippen LogP contribution in [-0.4, -0.2) is 36.9 Å². The van der Waals surface area contributed by atoms with E-state index in [1.165, 1.54) is 0 Å². The number of aromatic nitrogens is 1. The maximum Gasteiger partial charge on any atom is 0.162 e. The lowest BCUT2D eigenvalue weighted by Gasteiger charge is -2.29. The minimum atomic E-state index is 0.0715. The summed E-state index contributed by atoms with van der Waals surface area (Å²) in [6, 6.07) is 1.76. The number of rotatable bonds is 2. The summed E-state index contributed by atoms with van der Waals surface area (Å²) in [7, 11) is 0. The molecule has 79 valence electrons. The van der Waals surface area contributed by atoms with Crippen molar-refractivity contribution in [3.63, 3.8) is 0 Å². The Kier molecular flexibility index (Phi) is 2.97. The van der Waals surface area contributed by atoms with Crippen LogP contribution in [0.4, 0.5) is 5.69 Å². The summed E-state index contributed by atoms with van der Waals surface area (Å²) in [5.74, 6) is 0.0715. The first-order valence-electron chi connectivity index (χ1n) is 5.12. The van der Waals surface area contributed by atoms with Gasteiger partial charge in [0.2, 0.25) is 0 Å². The largest absolute Gasteiger partial charge is 0.367 e. The fraction of sp³-hybridized carbons (Fsp3) is 0.455. The highest BCUT2D eigenvalue weighted by atomic mass is 16.1. The molecule has 2 heterocycles. The first kappa shape index (κ1) is 10.1. The molecule has 0 amide bonds. The van der Waals surface area contributed by atoms with Crippen LogP contribution in [0, 0.1) is 6.20 Å². The van der Waals surface area contributed by atoms with E-state index < -0.39 is 0 Å². The second-order valence-electron chi connectivity index (χ2n) is 3.61. The van der Waals surface area contributed by atoms with Crippen LogP contribution in [0.2, 0.25) is 0 Å². The van der Waals surface area contributed by atoms with Crippen molar-refractivity contribution in [1.29, 1.82) is 0 Å². The van der Waals surface area contributed by atoms with Gasteiger partial charge in [-0.2, -0.15) is 0 Å². The second kappa shape index (κ2) is 4.40. The van der Waals surface area contributed by atoms with Crippen LogP contribution < -0.4 is 10.2 Å². The molecule has 0 saturated carbocycles. The molecule has 1 aliphatic rings. The molecule has 0 atom stereocenters. The first-order valence-corrected chi connectivity index (χ1v) is 5.12. The average molecular weight is 204 g/mol. The number of nitrogens with one attached hydrogen (secondary N) is 1. The monoisotopic (exact) mass is 204 g/mol. The Morgan fingerprint density at radius 1 is 1.53 bits per heavy atom. The molecule has 1 aromatic rings. The van der Waals surface area contributed by atoms with Gasteiger partial charge in [0, 0.05) is 37.9 Å². The van der Waals surface area contributed by atoms with E-state index in [-0.39, 0.29) is 5.78 Å². The molecular weight excluding hydrogens is 190 g/mol. The predicted molar refractivity (Wildman–Crippen MR) is 58.2 cm³/mol. The Hall–Kier alpha value is -1.42. The summed E-state index contributed by atoms with van der Waals surface area (Å²) in [6.07, 6.45) is 4.53. The van der Waals surface area contributed by atoms with Gasteiger partial charge in [0.1, 0.15) is 6.20 Å². The number of hydrogen-bond acceptors (Lipinski definition) is 4. The van der Waals surface area contributed by atoms with Gasteiger partial charge in [-0.3, -0.25) is 9.78 Å². The van der Waals surface area contributed by atoms with Crippen molar-refractivity contribution in [1.82, 2.24) is 10.3 Å². The van der Waals surface area contributed by atoms with Gasteiger partial charge < -0.3 is 10.2 Å². The number of hydrogen-bond donors (Lipinski definition) is 1. The maximum absolute atomic E-state index is 11.4. The van der Waals surface area contributed by atoms with Gasteiger partial charge in [0.25, 0.3) is 0 Å². The molecule has 4 nitrogen and oxygen atoms in total. The van der Waals surface area contributed by atoms with Crippen molar-refractivity contribution in [3.05, 3.63) is 24.0 Å². The minimum absolute atomic E-state index is 0.0715. The lowest BCUT2D eigenvalue weighted by Crippen LogP contribution is -2.44. The molecule has 1 aliphatic heterocycles. The number of nitrogens with zero attached hydrogens (tertiary/aromatic N) is 2. The summed E-state index contributed by atoms with van der Waals surface area (Å²) in [4.78, 5) is 17.5. The van der Waals surface area contributed by atoms with Crippen molar-refractivity contribution in [2.75, 3.05) is 31.1 Å². The Balaban J connectivity index is 2.29. The van der Waals surface area contributed by atoms with Crippen molar-refractivity contribution >= 4 is 11.5 Å². The van der Waals surface area contributed by atoms with Crippen LogP contribution in [0.3, 0.4) is 0 Å². The van der Waals surface area contributed by atoms with Crippen LogP contribution in [-0.2, 0) is 0 Å². The van der Waals surface area contributed by atoms with Gasteiger partial charge in [-0.15, -0.1) is 0 Å². The minimum Gasteiger partial charge on any atom is -0.367 e. The quantitative estimate of drug-likeness (QED) is 0.712. The third kappa shape index (κ3) is 2.15. The van der Waals surface area contributed by atoms with Gasteiger partial charge in [0.05, 0.1) is 5.69 Å². The molecule has 1 saturated heterocycles. The molecule has 1 aromatic heterocycles. The third-order valence-electron chi connectivity index (χ3n) is 2.55. The van der Waals surface area contributed by atoms with Crippen LogP contribution in [0.1, 0.15) is 17.3 Å². The zero-order valence-electron chi connectivity index (χ0n) is 8.79. The number of ketones is 1. The second-order valence-corrected chi connectivity index (χ2v) is 3.61. The van der Waals surface area contributed by atoms with E-state index in [9.17, 15) is 4.79 Å². The highest BCUT2D eigenvalue weighted by molar-refractivity contribution is 5.99. The Morgan fingerprint density at radius 2 is 2.27 bits per heavy atom. The predicted octanol–water partition coefficient (Wildman–Crippen LogP) is 0.494. The van der Waals surface area contributed by atoms with Crippen LogP contribution in [0.5, 0.6) is 0 Å². The van der Waals surface area contributed by atoms with Crippen molar-refractivity contribution in [2.45, 2.75) is 6.92 Å². The van der Waals surface area contributed by atoms with E-state index >= 15 is 0 Å². The van der Waals surface area contributed by atoms with Crippen molar-refractivity contribution in [3.8, 4) is 0 Å². The van der Waals surface area contributed by atoms with Gasteiger partial charge >= 0.3 is 0 Å². The normalized spacial score (nSPS) is 16.5. The van der Waals surface area contributed by atoms with E-state index in [0.29, 0.717) is 5.56 Å². The molecule has 1 radical (unpaired) electrons. The number of piperazine rings is 1. The summed E-state index contributed by atoms with van der Waals surface area (Å²) >= 11 is 0. The zero-order valence-corrected chi connectivity index (χ0v) is 8.79. The molecule has 1 fully saturated rings. The maximum atomic E-state index is 11.4. The number of pyridine rings is 1. The van der Waals surface area contributed by atoms with Crippen molar-refractivity contribution < 1.29 is 4.79 Å². The fourth-order valence-electron chi connectivity index (χ4n) is 1.76. The summed E-state index contributed by atoms with van der Waals surface area (Å²) < 4.78 is 0. The summed E-state index contributed by atoms with van der Waals surface area (Å²) in [6.45, 7) is 5.28. The molecule has 15 heavy (non-hydrogen) atoms. The Bertz CT molecular complexity index is 359. The number of anilines is 1. The first-order chi connectivity index (χ1) is 7.29. The number of carbonyl (C=O) groups is 1. The van der Waals surface area contributed by atoms with Crippen LogP contribution >= 0.6 is 0 Å². The lowest BCUT2D eigenvalue weighted by molar-refractivity contribution is 0.101. The van der Waals surface area contributed by atoms with Crippen molar-refractivity contribution in [2.24, 2.45) is 0 Å². The molecule has 4 heteroatoms. The van der Waals surface area contributed by atoms with Crippen LogP contribution in [0.15, 0.2) is 12.3 Å². The van der Waals surface area contributed by atoms with Crippen LogP contribution in [0.25, 0.3) is 0 Å². The zero-order chi connectivity index (χ0) is 10.7. The summed E-state index contributed by atoms with van der Waals surface area (Å²) in [5.41, 5.74) is 1.55. The Morgan fingerprint density at radius 3 is 2.93 bits per heavy atom. The van der Waals surface area contributed by atoms with E-state index in [0.717, 1.165) is 31.9 Å². The van der Waals surface area contributed by atoms with Gasteiger partial charge in [-0.05, 0) is 13.0 Å². The Labute approximate surface area is 89.3 Å². The number of Topliss-reactive ketones (excluding diaryl/α,β-unsaturated/α-hetero) is 1. The molecule has 0 bridgehead atoms. The van der Waals surface area contributed by atoms with E-state index in [1.807, 2.05) is 0 Å². The third-order valence-corrected chi connectivity index (χ3v) is 2.55. The molecule has 0 aromatic carbocycles. The number of carbonyl (C=O) groups excluding carboxylic acids is 1. The molecule has 0 aliphatic carbocycles. The molecule has 0 unspecified atom stereocenters. The average Bonchev–Trinajstić information content (AvgIpc) is 2.30. The highest BCUT2D eigenvalue weighted by Crippen LogP contribution is 2.19. The standard InChI is InChI=1S/C11H14N3O/c1-9(15)10-2-3-13-8-11(10)14-6-4-12-5-7-14/h2-3,12H,4-7H2,1H3. The van der Waals surface area contributed by atoms with Gasteiger partial charge in [-0.1, -0.05) is 0 Å². The van der Waals surface area contributed by atoms with E-state index in [1.54, 1.807) is 19.2 Å². The topological polar surface area (TPSA) is 45.2 Å². The smallest absolute Gasteiger partial charge is 0.162 e. The molecule has 2 rings (SSSR count). The molecule has 0 spiro atoms. The van der Waals surface area contributed by atoms with Gasteiger partial charge in [-0.25, -0.2) is 0 Å².